The zero-order chi connectivity index (χ0) is 13.1. The molecule has 0 bridgehead atoms. The van der Waals surface area contributed by atoms with Gasteiger partial charge in [0.2, 0.25) is 5.88 Å². The molecule has 4 nitrogen and oxygen atoms in total. The molecule has 1 amide bonds. The third kappa shape index (κ3) is 3.62. The second-order valence-corrected chi connectivity index (χ2v) is 6.29. The van der Waals surface area contributed by atoms with Crippen molar-refractivity contribution in [1.82, 2.24) is 10.3 Å². The highest BCUT2D eigenvalue weighted by Crippen LogP contribution is 2.27. The van der Waals surface area contributed by atoms with E-state index in [1.807, 2.05) is 11.8 Å². The Balaban J connectivity index is 1.59. The molecule has 5 heteroatoms. The molecule has 2 fully saturated rings. The fraction of sp³-hybridized carbons (Fsp3) is 0.571. The van der Waals surface area contributed by atoms with Crippen molar-refractivity contribution < 1.29 is 9.53 Å². The highest BCUT2D eigenvalue weighted by Gasteiger charge is 2.22. The number of amides is 1. The van der Waals surface area contributed by atoms with Crippen molar-refractivity contribution in [3.8, 4) is 5.88 Å². The topological polar surface area (TPSA) is 51.2 Å². The zero-order valence-corrected chi connectivity index (χ0v) is 11.6. The summed E-state index contributed by atoms with van der Waals surface area (Å²) in [6, 6.07) is 3.48. The lowest BCUT2D eigenvalue weighted by molar-refractivity contribution is 0.0950. The Hall–Kier alpha value is -1.23. The van der Waals surface area contributed by atoms with Crippen LogP contribution in [0.5, 0.6) is 5.88 Å². The number of thioether (sulfide) groups is 1. The van der Waals surface area contributed by atoms with E-state index in [1.54, 1.807) is 18.3 Å². The Bertz CT molecular complexity index is 457. The van der Waals surface area contributed by atoms with Crippen molar-refractivity contribution >= 4 is 17.7 Å². The smallest absolute Gasteiger partial charge is 0.251 e. The molecule has 0 spiro atoms. The third-order valence-electron chi connectivity index (χ3n) is 3.42. The molecule has 19 heavy (non-hydrogen) atoms. The predicted molar refractivity (Wildman–Crippen MR) is 75.7 cm³/mol. The van der Waals surface area contributed by atoms with Crippen molar-refractivity contribution in [2.24, 2.45) is 5.92 Å². The Morgan fingerprint density at radius 3 is 3.11 bits per heavy atom. The Morgan fingerprint density at radius 1 is 1.47 bits per heavy atom. The molecule has 1 saturated carbocycles. The number of rotatable bonds is 5. The first-order valence-corrected chi connectivity index (χ1v) is 7.95. The maximum absolute atomic E-state index is 12.0. The Kier molecular flexibility index (Phi) is 3.92. The first kappa shape index (κ1) is 12.8. The number of hydrogen-bond donors (Lipinski definition) is 1. The maximum Gasteiger partial charge on any atom is 0.251 e. The molecule has 1 aromatic rings. The van der Waals surface area contributed by atoms with E-state index in [9.17, 15) is 4.79 Å². The van der Waals surface area contributed by atoms with Crippen LogP contribution in [0.2, 0.25) is 0 Å². The standard InChI is InChI=1S/C14H18N2O2S/c17-14(16-8-10-1-2-10)11-3-5-15-13(7-11)18-12-4-6-19-9-12/h3,5,7,10,12H,1-2,4,6,8-9H2,(H,16,17). The van der Waals surface area contributed by atoms with Gasteiger partial charge in [0.25, 0.3) is 5.91 Å². The van der Waals surface area contributed by atoms with Gasteiger partial charge < -0.3 is 10.1 Å². The van der Waals surface area contributed by atoms with Crippen molar-refractivity contribution in [3.05, 3.63) is 23.9 Å². The number of aromatic nitrogens is 1. The van der Waals surface area contributed by atoms with Crippen LogP contribution in [0.25, 0.3) is 0 Å². The number of nitrogens with one attached hydrogen (secondary N) is 1. The van der Waals surface area contributed by atoms with Crippen LogP contribution in [-0.2, 0) is 0 Å². The molecular formula is C14H18N2O2S. The average Bonchev–Trinajstić information content (AvgIpc) is 3.13. The lowest BCUT2D eigenvalue weighted by Gasteiger charge is -2.12. The quantitative estimate of drug-likeness (QED) is 0.896. The minimum absolute atomic E-state index is 0.0278. The second kappa shape index (κ2) is 5.82. The second-order valence-electron chi connectivity index (χ2n) is 5.14. The van der Waals surface area contributed by atoms with E-state index in [4.69, 9.17) is 4.74 Å². The predicted octanol–water partition coefficient (Wildman–Crippen LogP) is 2.11. The summed E-state index contributed by atoms with van der Waals surface area (Å²) in [7, 11) is 0. The van der Waals surface area contributed by atoms with E-state index in [0.717, 1.165) is 24.5 Å². The largest absolute Gasteiger partial charge is 0.473 e. The van der Waals surface area contributed by atoms with Crippen molar-refractivity contribution in [2.75, 3.05) is 18.1 Å². The van der Waals surface area contributed by atoms with Gasteiger partial charge in [0, 0.05) is 30.1 Å². The summed E-state index contributed by atoms with van der Waals surface area (Å²) in [6.45, 7) is 0.788. The molecule has 1 atom stereocenters. The van der Waals surface area contributed by atoms with E-state index >= 15 is 0 Å². The van der Waals surface area contributed by atoms with Gasteiger partial charge in [-0.15, -0.1) is 0 Å². The number of nitrogens with zero attached hydrogens (tertiary/aromatic N) is 1. The van der Waals surface area contributed by atoms with Crippen molar-refractivity contribution in [3.63, 3.8) is 0 Å². The lowest BCUT2D eigenvalue weighted by atomic mass is 10.2. The number of pyridine rings is 1. The van der Waals surface area contributed by atoms with Gasteiger partial charge in [-0.3, -0.25) is 4.79 Å². The summed E-state index contributed by atoms with van der Waals surface area (Å²) >= 11 is 1.90. The summed E-state index contributed by atoms with van der Waals surface area (Å²) < 4.78 is 5.79. The summed E-state index contributed by atoms with van der Waals surface area (Å²) in [4.78, 5) is 16.1. The van der Waals surface area contributed by atoms with Crippen LogP contribution in [0.15, 0.2) is 18.3 Å². The van der Waals surface area contributed by atoms with Gasteiger partial charge in [-0.25, -0.2) is 4.98 Å². The monoisotopic (exact) mass is 278 g/mol. The average molecular weight is 278 g/mol. The van der Waals surface area contributed by atoms with E-state index in [1.165, 1.54) is 12.8 Å². The number of ether oxygens (including phenoxy) is 1. The van der Waals surface area contributed by atoms with Gasteiger partial charge in [0.1, 0.15) is 6.10 Å². The van der Waals surface area contributed by atoms with Gasteiger partial charge in [0.05, 0.1) is 0 Å². The van der Waals surface area contributed by atoms with Crippen LogP contribution in [0.3, 0.4) is 0 Å². The maximum atomic E-state index is 12.0. The van der Waals surface area contributed by atoms with Crippen LogP contribution < -0.4 is 10.1 Å². The molecule has 1 N–H and O–H groups in total. The molecule has 3 rings (SSSR count). The normalized spacial score (nSPS) is 22.2. The molecular weight excluding hydrogens is 260 g/mol. The van der Waals surface area contributed by atoms with Gasteiger partial charge >= 0.3 is 0 Å². The first-order chi connectivity index (χ1) is 9.31. The minimum atomic E-state index is -0.0278. The van der Waals surface area contributed by atoms with Crippen LogP contribution >= 0.6 is 11.8 Å². The minimum Gasteiger partial charge on any atom is -0.473 e. The molecule has 0 radical (unpaired) electrons. The lowest BCUT2D eigenvalue weighted by Crippen LogP contribution is -2.25. The highest BCUT2D eigenvalue weighted by atomic mass is 32.2. The summed E-state index contributed by atoms with van der Waals surface area (Å²) in [5.74, 6) is 3.38. The number of carbonyl (C=O) groups is 1. The molecule has 102 valence electrons. The van der Waals surface area contributed by atoms with Gasteiger partial charge in [-0.1, -0.05) is 0 Å². The number of hydrogen-bond acceptors (Lipinski definition) is 4. The molecule has 0 aromatic carbocycles. The molecule has 2 heterocycles. The molecule has 1 aliphatic carbocycles. The van der Waals surface area contributed by atoms with E-state index < -0.39 is 0 Å². The summed E-state index contributed by atoms with van der Waals surface area (Å²) in [5, 5.41) is 2.96. The van der Waals surface area contributed by atoms with Gasteiger partial charge in [0.15, 0.2) is 0 Å². The molecule has 1 saturated heterocycles. The van der Waals surface area contributed by atoms with Gasteiger partial charge in [-0.2, -0.15) is 11.8 Å². The fourth-order valence-corrected chi connectivity index (χ4v) is 3.15. The fourth-order valence-electron chi connectivity index (χ4n) is 2.05. The molecule has 2 aliphatic rings. The summed E-state index contributed by atoms with van der Waals surface area (Å²) in [6.07, 6.45) is 5.42. The highest BCUT2D eigenvalue weighted by molar-refractivity contribution is 7.99. The van der Waals surface area contributed by atoms with Gasteiger partial charge in [-0.05, 0) is 37.0 Å². The SMILES string of the molecule is O=C(NCC1CC1)c1ccnc(OC2CCSC2)c1. The van der Waals surface area contributed by atoms with Crippen LogP contribution in [-0.4, -0.2) is 35.0 Å². The number of carbonyl (C=O) groups excluding carboxylic acids is 1. The van der Waals surface area contributed by atoms with E-state index in [0.29, 0.717) is 17.4 Å². The van der Waals surface area contributed by atoms with E-state index in [-0.39, 0.29) is 12.0 Å². The molecule has 1 aliphatic heterocycles. The Morgan fingerprint density at radius 2 is 2.37 bits per heavy atom. The third-order valence-corrected chi connectivity index (χ3v) is 4.55. The van der Waals surface area contributed by atoms with Crippen LogP contribution in [0.1, 0.15) is 29.6 Å². The van der Waals surface area contributed by atoms with E-state index in [2.05, 4.69) is 10.3 Å². The first-order valence-electron chi connectivity index (χ1n) is 6.80. The van der Waals surface area contributed by atoms with Crippen molar-refractivity contribution in [1.29, 1.82) is 0 Å². The molecule has 1 aromatic heterocycles. The Labute approximate surface area is 117 Å². The van der Waals surface area contributed by atoms with Crippen LogP contribution in [0.4, 0.5) is 0 Å². The van der Waals surface area contributed by atoms with Crippen molar-refractivity contribution in [2.45, 2.75) is 25.4 Å². The zero-order valence-electron chi connectivity index (χ0n) is 10.8. The summed E-state index contributed by atoms with van der Waals surface area (Å²) in [5.41, 5.74) is 0.635. The van der Waals surface area contributed by atoms with Crippen LogP contribution in [0, 0.1) is 5.92 Å². The molecule has 1 unspecified atom stereocenters.